The van der Waals surface area contributed by atoms with Crippen molar-refractivity contribution in [3.8, 4) is 0 Å². The normalized spacial score (nSPS) is 12.0. The number of nitrogens with one attached hydrogen (secondary N) is 1. The number of rotatable bonds is 3. The van der Waals surface area contributed by atoms with Gasteiger partial charge in [0.25, 0.3) is 0 Å². The molecule has 1 aromatic heterocycles. The quantitative estimate of drug-likeness (QED) is 0.906. The number of hydrogen-bond acceptors (Lipinski definition) is 5. The van der Waals surface area contributed by atoms with Gasteiger partial charge in [-0.05, 0) is 38.5 Å². The molecule has 0 bridgehead atoms. The van der Waals surface area contributed by atoms with Crippen LogP contribution in [0.2, 0.25) is 0 Å². The minimum atomic E-state index is -0.495. The number of alkyl carbamates (subject to hydrolysis) is 1. The second kappa shape index (κ2) is 5.87. The zero-order valence-electron chi connectivity index (χ0n) is 12.3. The average Bonchev–Trinajstić information content (AvgIpc) is 2.74. The van der Waals surface area contributed by atoms with E-state index < -0.39 is 11.7 Å². The largest absolute Gasteiger partial charge is 0.444 e. The van der Waals surface area contributed by atoms with Crippen LogP contribution >= 0.6 is 0 Å². The Labute approximate surface area is 122 Å². The first-order chi connectivity index (χ1) is 9.85. The summed E-state index contributed by atoms with van der Waals surface area (Å²) in [7, 11) is 0. The van der Waals surface area contributed by atoms with Crippen molar-refractivity contribution in [3.05, 3.63) is 29.8 Å². The highest BCUT2D eigenvalue weighted by molar-refractivity contribution is 5.88. The van der Waals surface area contributed by atoms with Gasteiger partial charge in [0.05, 0.1) is 5.39 Å². The third-order valence-corrected chi connectivity index (χ3v) is 2.60. The van der Waals surface area contributed by atoms with Crippen LogP contribution in [0.15, 0.2) is 28.8 Å². The summed E-state index contributed by atoms with van der Waals surface area (Å²) in [6.45, 7) is 5.84. The summed E-state index contributed by atoms with van der Waals surface area (Å²) in [5.41, 5.74) is 6.80. The van der Waals surface area contributed by atoms with Gasteiger partial charge >= 0.3 is 6.09 Å². The molecule has 0 aliphatic rings. The summed E-state index contributed by atoms with van der Waals surface area (Å²) in [5.74, 6) is 0.368. The van der Waals surface area contributed by atoms with Gasteiger partial charge in [-0.2, -0.15) is 0 Å². The van der Waals surface area contributed by atoms with Gasteiger partial charge in [-0.1, -0.05) is 23.4 Å². The van der Waals surface area contributed by atoms with E-state index in [0.29, 0.717) is 17.9 Å². The molecule has 6 heteroatoms. The third-order valence-electron chi connectivity index (χ3n) is 2.60. The number of carbonyl (C=O) groups is 1. The number of aromatic nitrogens is 1. The monoisotopic (exact) mass is 289 g/mol. The molecular weight excluding hydrogens is 270 g/mol. The molecule has 0 radical (unpaired) electrons. The van der Waals surface area contributed by atoms with E-state index in [-0.39, 0.29) is 0 Å². The van der Waals surface area contributed by atoms with Crippen molar-refractivity contribution in [2.24, 2.45) is 0 Å². The number of benzene rings is 1. The van der Waals surface area contributed by atoms with Crippen molar-refractivity contribution >= 4 is 29.0 Å². The Morgan fingerprint density at radius 3 is 2.95 bits per heavy atom. The SMILES string of the molecule is CC(C)(C)OC(=O)NCC=Cc1ccc2onc(N)c2c1. The average molecular weight is 289 g/mol. The summed E-state index contributed by atoms with van der Waals surface area (Å²) in [5, 5.41) is 7.12. The number of carbonyl (C=O) groups excluding carboxylic acids is 1. The van der Waals surface area contributed by atoms with E-state index in [0.717, 1.165) is 10.9 Å². The lowest BCUT2D eigenvalue weighted by Gasteiger charge is -2.19. The highest BCUT2D eigenvalue weighted by Gasteiger charge is 2.14. The smallest absolute Gasteiger partial charge is 0.407 e. The maximum Gasteiger partial charge on any atom is 0.407 e. The Kier molecular flexibility index (Phi) is 4.16. The molecule has 0 saturated heterocycles. The van der Waals surface area contributed by atoms with Gasteiger partial charge in [0.1, 0.15) is 5.60 Å². The summed E-state index contributed by atoms with van der Waals surface area (Å²) < 4.78 is 10.2. The summed E-state index contributed by atoms with van der Waals surface area (Å²) in [6.07, 6.45) is 3.27. The molecule has 0 fully saturated rings. The Morgan fingerprint density at radius 2 is 2.24 bits per heavy atom. The third kappa shape index (κ3) is 4.24. The van der Waals surface area contributed by atoms with Crippen LogP contribution in [0, 0.1) is 0 Å². The first-order valence-electron chi connectivity index (χ1n) is 6.63. The Hall–Kier alpha value is -2.50. The lowest BCUT2D eigenvalue weighted by atomic mass is 10.1. The fraction of sp³-hybridized carbons (Fsp3) is 0.333. The van der Waals surface area contributed by atoms with Crippen LogP contribution in [0.1, 0.15) is 26.3 Å². The van der Waals surface area contributed by atoms with E-state index >= 15 is 0 Å². The van der Waals surface area contributed by atoms with Gasteiger partial charge in [0.2, 0.25) is 0 Å². The van der Waals surface area contributed by atoms with Crippen LogP contribution in [-0.2, 0) is 4.74 Å². The van der Waals surface area contributed by atoms with Crippen LogP contribution in [0.25, 0.3) is 17.0 Å². The van der Waals surface area contributed by atoms with Gasteiger partial charge in [-0.25, -0.2) is 4.79 Å². The van der Waals surface area contributed by atoms with Crippen molar-refractivity contribution < 1.29 is 14.1 Å². The summed E-state index contributed by atoms with van der Waals surface area (Å²) >= 11 is 0. The number of hydrogen-bond donors (Lipinski definition) is 2. The molecule has 21 heavy (non-hydrogen) atoms. The second-order valence-electron chi connectivity index (χ2n) is 5.61. The van der Waals surface area contributed by atoms with Gasteiger partial charge in [-0.15, -0.1) is 0 Å². The van der Waals surface area contributed by atoms with Crippen LogP contribution < -0.4 is 11.1 Å². The van der Waals surface area contributed by atoms with Crippen LogP contribution in [0.3, 0.4) is 0 Å². The van der Waals surface area contributed by atoms with E-state index in [9.17, 15) is 4.79 Å². The van der Waals surface area contributed by atoms with E-state index in [2.05, 4.69) is 10.5 Å². The predicted molar refractivity (Wildman–Crippen MR) is 81.7 cm³/mol. The highest BCUT2D eigenvalue weighted by atomic mass is 16.6. The number of nitrogens with zero attached hydrogens (tertiary/aromatic N) is 1. The fourth-order valence-electron chi connectivity index (χ4n) is 1.73. The van der Waals surface area contributed by atoms with Crippen LogP contribution in [0.4, 0.5) is 10.6 Å². The minimum absolute atomic E-state index is 0.368. The molecular formula is C15H19N3O3. The lowest BCUT2D eigenvalue weighted by molar-refractivity contribution is 0.0534. The van der Waals surface area contributed by atoms with Crippen molar-refractivity contribution in [3.63, 3.8) is 0 Å². The molecule has 112 valence electrons. The topological polar surface area (TPSA) is 90.4 Å². The van der Waals surface area contributed by atoms with Crippen LogP contribution in [-0.4, -0.2) is 23.4 Å². The maximum absolute atomic E-state index is 11.5. The van der Waals surface area contributed by atoms with Crippen LogP contribution in [0.5, 0.6) is 0 Å². The number of fused-ring (bicyclic) bond motifs is 1. The number of nitrogens with two attached hydrogens (primary N) is 1. The molecule has 0 aliphatic heterocycles. The van der Waals surface area contributed by atoms with Gasteiger partial charge in [-0.3, -0.25) is 0 Å². The van der Waals surface area contributed by atoms with Crippen molar-refractivity contribution in [2.75, 3.05) is 12.3 Å². The molecule has 1 aromatic carbocycles. The Balaban J connectivity index is 1.91. The van der Waals surface area contributed by atoms with Gasteiger partial charge in [0.15, 0.2) is 11.4 Å². The molecule has 1 heterocycles. The molecule has 2 aromatic rings. The number of anilines is 1. The molecule has 6 nitrogen and oxygen atoms in total. The zero-order valence-corrected chi connectivity index (χ0v) is 12.3. The maximum atomic E-state index is 11.5. The molecule has 3 N–H and O–H groups in total. The number of nitrogen functional groups attached to an aromatic ring is 1. The predicted octanol–water partition coefficient (Wildman–Crippen LogP) is 2.95. The molecule has 0 aliphatic carbocycles. The lowest BCUT2D eigenvalue weighted by Crippen LogP contribution is -2.32. The standard InChI is InChI=1S/C15H19N3O3/c1-15(2,3)20-14(19)17-8-4-5-10-6-7-12-11(9-10)13(16)18-21-12/h4-7,9H,8H2,1-3H3,(H2,16,18)(H,17,19). The molecule has 1 amide bonds. The van der Waals surface area contributed by atoms with E-state index in [1.807, 2.05) is 45.1 Å². The van der Waals surface area contributed by atoms with Gasteiger partial charge < -0.3 is 20.3 Å². The first kappa shape index (κ1) is 14.9. The molecule has 0 atom stereocenters. The van der Waals surface area contributed by atoms with E-state index in [4.69, 9.17) is 15.0 Å². The van der Waals surface area contributed by atoms with E-state index in [1.54, 1.807) is 6.07 Å². The van der Waals surface area contributed by atoms with Gasteiger partial charge in [0, 0.05) is 6.54 Å². The Bertz CT molecular complexity index is 668. The number of ether oxygens (including phenoxy) is 1. The molecule has 0 spiro atoms. The van der Waals surface area contributed by atoms with Crippen molar-refractivity contribution in [1.82, 2.24) is 10.5 Å². The molecule has 2 rings (SSSR count). The molecule has 0 saturated carbocycles. The summed E-state index contributed by atoms with van der Waals surface area (Å²) in [4.78, 5) is 11.5. The second-order valence-corrected chi connectivity index (χ2v) is 5.61. The summed E-state index contributed by atoms with van der Waals surface area (Å²) in [6, 6.07) is 5.57. The minimum Gasteiger partial charge on any atom is -0.444 e. The van der Waals surface area contributed by atoms with Crippen molar-refractivity contribution in [1.29, 1.82) is 0 Å². The first-order valence-corrected chi connectivity index (χ1v) is 6.63. The van der Waals surface area contributed by atoms with Crippen molar-refractivity contribution in [2.45, 2.75) is 26.4 Å². The fourth-order valence-corrected chi connectivity index (χ4v) is 1.73. The van der Waals surface area contributed by atoms with E-state index in [1.165, 1.54) is 0 Å². The Morgan fingerprint density at radius 1 is 1.48 bits per heavy atom. The number of amides is 1. The highest BCUT2D eigenvalue weighted by Crippen LogP contribution is 2.21. The zero-order chi connectivity index (χ0) is 15.5. The molecule has 0 unspecified atom stereocenters.